The van der Waals surface area contributed by atoms with Gasteiger partial charge in [0.25, 0.3) is 0 Å². The van der Waals surface area contributed by atoms with Gasteiger partial charge in [-0.2, -0.15) is 0 Å². The number of nitrogens with one attached hydrogen (secondary N) is 1. The van der Waals surface area contributed by atoms with Crippen molar-refractivity contribution < 1.29 is 4.39 Å². The highest BCUT2D eigenvalue weighted by Crippen LogP contribution is 2.27. The highest BCUT2D eigenvalue weighted by atomic mass is 79.9. The minimum absolute atomic E-state index is 0.304. The van der Waals surface area contributed by atoms with E-state index in [1.165, 1.54) is 6.07 Å². The maximum atomic E-state index is 13.6. The maximum Gasteiger partial charge on any atom is 0.147 e. The molecule has 0 aliphatic carbocycles. The number of hydrogen-bond donors (Lipinski definition) is 2. The molecule has 2 nitrogen and oxygen atoms in total. The lowest BCUT2D eigenvalue weighted by molar-refractivity contribution is 0.631. The predicted octanol–water partition coefficient (Wildman–Crippen LogP) is 4.22. The normalized spacial score (nSPS) is 10.3. The number of benzene rings is 2. The van der Waals surface area contributed by atoms with Crippen molar-refractivity contribution >= 4 is 33.0 Å². The first kappa shape index (κ1) is 11.9. The van der Waals surface area contributed by atoms with E-state index in [-0.39, 0.29) is 5.82 Å². The van der Waals surface area contributed by atoms with Gasteiger partial charge in [0.2, 0.25) is 0 Å². The lowest BCUT2D eigenvalue weighted by Gasteiger charge is -2.12. The molecule has 0 heterocycles. The summed E-state index contributed by atoms with van der Waals surface area (Å²) in [7, 11) is 0. The quantitative estimate of drug-likeness (QED) is 0.814. The SMILES string of the molecule is Cc1c(N)cccc1Nc1ccc(Br)cc1F. The molecule has 2 aromatic rings. The van der Waals surface area contributed by atoms with Gasteiger partial charge in [-0.15, -0.1) is 0 Å². The molecule has 0 atom stereocenters. The summed E-state index contributed by atoms with van der Waals surface area (Å²) in [5.74, 6) is -0.304. The topological polar surface area (TPSA) is 38.0 Å². The Bertz CT molecular complexity index is 555. The smallest absolute Gasteiger partial charge is 0.147 e. The van der Waals surface area contributed by atoms with Crippen LogP contribution in [0.2, 0.25) is 0 Å². The van der Waals surface area contributed by atoms with Gasteiger partial charge in [-0.3, -0.25) is 0 Å². The van der Waals surface area contributed by atoms with Crippen LogP contribution in [-0.2, 0) is 0 Å². The molecule has 0 radical (unpaired) electrons. The molecule has 4 heteroatoms. The minimum atomic E-state index is -0.304. The zero-order valence-electron chi connectivity index (χ0n) is 9.30. The summed E-state index contributed by atoms with van der Waals surface area (Å²) in [6.45, 7) is 1.90. The molecule has 0 aliphatic heterocycles. The molecule has 0 bridgehead atoms. The third-order valence-corrected chi connectivity index (χ3v) is 3.07. The number of halogens is 2. The van der Waals surface area contributed by atoms with Gasteiger partial charge in [-0.05, 0) is 42.8 Å². The van der Waals surface area contributed by atoms with Gasteiger partial charge in [0, 0.05) is 15.8 Å². The number of rotatable bonds is 2. The first-order chi connectivity index (χ1) is 8.08. The van der Waals surface area contributed by atoms with Gasteiger partial charge >= 0.3 is 0 Å². The fourth-order valence-corrected chi connectivity index (χ4v) is 1.86. The molecule has 17 heavy (non-hydrogen) atoms. The molecular weight excluding hydrogens is 283 g/mol. The van der Waals surface area contributed by atoms with Crippen LogP contribution in [0.1, 0.15) is 5.56 Å². The van der Waals surface area contributed by atoms with Gasteiger partial charge in [-0.25, -0.2) is 4.39 Å². The first-order valence-electron chi connectivity index (χ1n) is 5.15. The van der Waals surface area contributed by atoms with Crippen molar-refractivity contribution in [2.24, 2.45) is 0 Å². The molecule has 0 amide bonds. The standard InChI is InChI=1S/C13H12BrFN2/c1-8-11(16)3-2-4-12(8)17-13-6-5-9(14)7-10(13)15/h2-7,17H,16H2,1H3. The second-order valence-electron chi connectivity index (χ2n) is 3.77. The Hall–Kier alpha value is -1.55. The molecule has 2 aromatic carbocycles. The summed E-state index contributed by atoms with van der Waals surface area (Å²) in [6.07, 6.45) is 0. The Morgan fingerprint density at radius 2 is 1.94 bits per heavy atom. The molecule has 0 unspecified atom stereocenters. The molecule has 3 N–H and O–H groups in total. The van der Waals surface area contributed by atoms with Crippen molar-refractivity contribution in [3.8, 4) is 0 Å². The fourth-order valence-electron chi connectivity index (χ4n) is 1.52. The van der Waals surface area contributed by atoms with E-state index in [1.807, 2.05) is 25.1 Å². The minimum Gasteiger partial charge on any atom is -0.398 e. The summed E-state index contributed by atoms with van der Waals surface area (Å²) in [5.41, 5.74) is 8.64. The number of nitrogen functional groups attached to an aromatic ring is 1. The second kappa shape index (κ2) is 4.75. The molecule has 0 saturated carbocycles. The van der Waals surface area contributed by atoms with Crippen LogP contribution in [0.15, 0.2) is 40.9 Å². The van der Waals surface area contributed by atoms with E-state index < -0.39 is 0 Å². The Balaban J connectivity index is 2.35. The van der Waals surface area contributed by atoms with E-state index in [2.05, 4.69) is 21.2 Å². The Morgan fingerprint density at radius 3 is 2.65 bits per heavy atom. The third-order valence-electron chi connectivity index (χ3n) is 2.58. The molecule has 0 saturated heterocycles. The van der Waals surface area contributed by atoms with Crippen molar-refractivity contribution in [2.45, 2.75) is 6.92 Å². The van der Waals surface area contributed by atoms with Crippen molar-refractivity contribution in [3.05, 3.63) is 52.3 Å². The number of anilines is 3. The van der Waals surface area contributed by atoms with Crippen LogP contribution in [0, 0.1) is 12.7 Å². The van der Waals surface area contributed by atoms with E-state index in [0.29, 0.717) is 15.8 Å². The lowest BCUT2D eigenvalue weighted by atomic mass is 10.1. The van der Waals surface area contributed by atoms with Crippen LogP contribution in [0.3, 0.4) is 0 Å². The third kappa shape index (κ3) is 2.58. The van der Waals surface area contributed by atoms with Crippen LogP contribution in [-0.4, -0.2) is 0 Å². The maximum absolute atomic E-state index is 13.6. The van der Waals surface area contributed by atoms with Gasteiger partial charge in [0.15, 0.2) is 0 Å². The van der Waals surface area contributed by atoms with Crippen LogP contribution in [0.25, 0.3) is 0 Å². The highest BCUT2D eigenvalue weighted by molar-refractivity contribution is 9.10. The van der Waals surface area contributed by atoms with Crippen LogP contribution >= 0.6 is 15.9 Å². The number of hydrogen-bond acceptors (Lipinski definition) is 2. The predicted molar refractivity (Wildman–Crippen MR) is 73.0 cm³/mol. The number of nitrogens with two attached hydrogens (primary N) is 1. The van der Waals surface area contributed by atoms with E-state index in [9.17, 15) is 4.39 Å². The van der Waals surface area contributed by atoms with Crippen molar-refractivity contribution in [1.29, 1.82) is 0 Å². The Morgan fingerprint density at radius 1 is 1.18 bits per heavy atom. The van der Waals surface area contributed by atoms with Crippen molar-refractivity contribution in [2.75, 3.05) is 11.1 Å². The highest BCUT2D eigenvalue weighted by Gasteiger charge is 2.05. The summed E-state index contributed by atoms with van der Waals surface area (Å²) in [4.78, 5) is 0. The average Bonchev–Trinajstić information content (AvgIpc) is 2.28. The molecule has 0 spiro atoms. The van der Waals surface area contributed by atoms with E-state index in [0.717, 1.165) is 11.3 Å². The van der Waals surface area contributed by atoms with Gasteiger partial charge in [-0.1, -0.05) is 22.0 Å². The van der Waals surface area contributed by atoms with Crippen LogP contribution in [0.5, 0.6) is 0 Å². The van der Waals surface area contributed by atoms with E-state index in [1.54, 1.807) is 12.1 Å². The Kier molecular flexibility index (Phi) is 3.33. The van der Waals surface area contributed by atoms with Crippen LogP contribution in [0.4, 0.5) is 21.5 Å². The summed E-state index contributed by atoms with van der Waals surface area (Å²) in [5, 5.41) is 3.03. The Labute approximate surface area is 108 Å². The van der Waals surface area contributed by atoms with Crippen LogP contribution < -0.4 is 11.1 Å². The molecule has 0 aliphatic rings. The van der Waals surface area contributed by atoms with E-state index in [4.69, 9.17) is 5.73 Å². The average molecular weight is 295 g/mol. The van der Waals surface area contributed by atoms with Gasteiger partial charge in [0.05, 0.1) is 5.69 Å². The summed E-state index contributed by atoms with van der Waals surface area (Å²) in [6, 6.07) is 10.4. The zero-order chi connectivity index (χ0) is 12.4. The summed E-state index contributed by atoms with van der Waals surface area (Å²) < 4.78 is 14.4. The van der Waals surface area contributed by atoms with Gasteiger partial charge in [0.1, 0.15) is 5.82 Å². The molecular formula is C13H12BrFN2. The monoisotopic (exact) mass is 294 g/mol. The zero-order valence-corrected chi connectivity index (χ0v) is 10.9. The molecule has 2 rings (SSSR count). The molecule has 88 valence electrons. The van der Waals surface area contributed by atoms with E-state index >= 15 is 0 Å². The molecule has 0 fully saturated rings. The molecule has 0 aromatic heterocycles. The van der Waals surface area contributed by atoms with Crippen molar-refractivity contribution in [1.82, 2.24) is 0 Å². The second-order valence-corrected chi connectivity index (χ2v) is 4.68. The fraction of sp³-hybridized carbons (Fsp3) is 0.0769. The van der Waals surface area contributed by atoms with Gasteiger partial charge < -0.3 is 11.1 Å². The van der Waals surface area contributed by atoms with Crippen molar-refractivity contribution in [3.63, 3.8) is 0 Å². The first-order valence-corrected chi connectivity index (χ1v) is 5.94. The lowest BCUT2D eigenvalue weighted by Crippen LogP contribution is -1.98. The summed E-state index contributed by atoms with van der Waals surface area (Å²) >= 11 is 3.22. The largest absolute Gasteiger partial charge is 0.398 e.